The number of hydrogen-bond acceptors (Lipinski definition) is 1. The van der Waals surface area contributed by atoms with Crippen molar-refractivity contribution in [2.75, 3.05) is 11.9 Å². The first-order valence-corrected chi connectivity index (χ1v) is 15.1. The van der Waals surface area contributed by atoms with Gasteiger partial charge in [-0.05, 0) is 36.1 Å². The van der Waals surface area contributed by atoms with Gasteiger partial charge in [-0.15, -0.1) is 0 Å². The van der Waals surface area contributed by atoms with Gasteiger partial charge in [0.2, 0.25) is 0 Å². The Labute approximate surface area is 144 Å². The first-order valence-electron chi connectivity index (χ1n) is 6.09. The Morgan fingerprint density at radius 3 is 1.63 bits per heavy atom. The number of nitrogens with zero attached hydrogens (tertiary/aromatic N) is 1. The standard InChI is InChI=1S/C15H15N.2HI.V/c1-16-14-8-4-2-6-12(14)10-11-13-7-3-5-9-15(13)16;;;/h2-9H,10-11H2,1H3;2*1H;/q;;;+2/p-2. The summed E-state index contributed by atoms with van der Waals surface area (Å²) in [5.74, 6) is 0. The van der Waals surface area contributed by atoms with Crippen LogP contribution < -0.4 is 4.90 Å². The van der Waals surface area contributed by atoms with E-state index in [-0.39, 0.29) is 0 Å². The van der Waals surface area contributed by atoms with Gasteiger partial charge in [0.05, 0.1) is 0 Å². The van der Waals surface area contributed by atoms with Gasteiger partial charge in [-0.1, -0.05) is 36.4 Å². The normalized spacial score (nSPS) is 12.5. The van der Waals surface area contributed by atoms with Gasteiger partial charge in [-0.3, -0.25) is 0 Å². The van der Waals surface area contributed by atoms with Crippen molar-refractivity contribution in [3.05, 3.63) is 59.7 Å². The number of halogens is 2. The Morgan fingerprint density at radius 1 is 0.842 bits per heavy atom. The number of hydrogen-bond donors (Lipinski definition) is 0. The van der Waals surface area contributed by atoms with Gasteiger partial charge in [-0.2, -0.15) is 0 Å². The third-order valence-corrected chi connectivity index (χ3v) is 3.37. The van der Waals surface area contributed by atoms with Crippen LogP contribution in [-0.4, -0.2) is 7.05 Å². The Hall–Kier alpha value is 0.284. The van der Waals surface area contributed by atoms with Crippen LogP contribution >= 0.6 is 40.0 Å². The predicted molar refractivity (Wildman–Crippen MR) is 96.4 cm³/mol. The summed E-state index contributed by atoms with van der Waals surface area (Å²) in [6, 6.07) is 17.4. The molecule has 0 N–H and O–H groups in total. The van der Waals surface area contributed by atoms with Crippen LogP contribution in [-0.2, 0) is 22.3 Å². The Kier molecular flexibility index (Phi) is 6.52. The van der Waals surface area contributed by atoms with E-state index in [2.05, 4.69) is 100 Å². The van der Waals surface area contributed by atoms with Crippen molar-refractivity contribution in [2.45, 2.75) is 12.8 Å². The molecule has 0 aliphatic carbocycles. The first kappa shape index (κ1) is 15.7. The summed E-state index contributed by atoms with van der Waals surface area (Å²) in [7, 11) is 2.78. The summed E-state index contributed by atoms with van der Waals surface area (Å²) in [6.07, 6.45) is 2.27. The molecule has 2 aromatic rings. The van der Waals surface area contributed by atoms with E-state index in [1.54, 1.807) is 0 Å². The van der Waals surface area contributed by atoms with Gasteiger partial charge in [0.1, 0.15) is 0 Å². The van der Waals surface area contributed by atoms with E-state index >= 15 is 0 Å². The fourth-order valence-electron chi connectivity index (χ4n) is 2.50. The number of rotatable bonds is 0. The third kappa shape index (κ3) is 3.89. The Morgan fingerprint density at radius 2 is 1.21 bits per heavy atom. The van der Waals surface area contributed by atoms with Gasteiger partial charge in [0, 0.05) is 18.4 Å². The molecular weight excluding hydrogens is 499 g/mol. The summed E-state index contributed by atoms with van der Waals surface area (Å²) in [6.45, 7) is 0. The summed E-state index contributed by atoms with van der Waals surface area (Å²) < 4.78 is 0. The fourth-order valence-corrected chi connectivity index (χ4v) is 2.50. The van der Waals surface area contributed by atoms with E-state index in [1.165, 1.54) is 22.5 Å². The van der Waals surface area contributed by atoms with Crippen LogP contribution in [0.3, 0.4) is 0 Å². The fraction of sp³-hybridized carbons (Fsp3) is 0.200. The molecule has 3 rings (SSSR count). The molecule has 19 heavy (non-hydrogen) atoms. The monoisotopic (exact) mass is 514 g/mol. The van der Waals surface area contributed by atoms with Crippen LogP contribution in [0.1, 0.15) is 11.1 Å². The second kappa shape index (κ2) is 7.91. The maximum atomic E-state index is 2.37. The molecule has 1 heterocycles. The molecule has 0 bridgehead atoms. The molecule has 0 fully saturated rings. The van der Waals surface area contributed by atoms with Crippen LogP contribution in [0, 0.1) is 0 Å². The topological polar surface area (TPSA) is 3.24 Å². The van der Waals surface area contributed by atoms with E-state index < -0.39 is 0 Å². The van der Waals surface area contributed by atoms with Crippen LogP contribution in [0.4, 0.5) is 11.4 Å². The second-order valence-electron chi connectivity index (χ2n) is 4.38. The second-order valence-corrected chi connectivity index (χ2v) is 16.2. The van der Waals surface area contributed by atoms with E-state index in [9.17, 15) is 0 Å². The van der Waals surface area contributed by atoms with Gasteiger partial charge in [0.15, 0.2) is 0 Å². The average molecular weight is 514 g/mol. The minimum atomic E-state index is 0.628. The Bertz CT molecular complexity index is 498. The number of fused-ring (bicyclic) bond motifs is 2. The van der Waals surface area contributed by atoms with E-state index in [4.69, 9.17) is 0 Å². The molecule has 0 spiro atoms. The van der Waals surface area contributed by atoms with E-state index in [0.29, 0.717) is 9.47 Å². The predicted octanol–water partition coefficient (Wildman–Crippen LogP) is 5.32. The number of benzene rings is 2. The maximum absolute atomic E-state index is 2.37. The molecule has 99 valence electrons. The van der Waals surface area contributed by atoms with Gasteiger partial charge >= 0.3 is 49.4 Å². The van der Waals surface area contributed by atoms with Crippen molar-refractivity contribution >= 4 is 51.3 Å². The van der Waals surface area contributed by atoms with Crippen LogP contribution in [0.2, 0.25) is 0 Å². The number of anilines is 2. The van der Waals surface area contributed by atoms with Crippen molar-refractivity contribution in [1.82, 2.24) is 0 Å². The summed E-state index contributed by atoms with van der Waals surface area (Å²) in [5, 5.41) is 0. The summed E-state index contributed by atoms with van der Waals surface area (Å²) in [5.41, 5.74) is 5.57. The van der Waals surface area contributed by atoms with Gasteiger partial charge in [-0.25, -0.2) is 0 Å². The average Bonchev–Trinajstić information content (AvgIpc) is 2.59. The number of aryl methyl sites for hydroxylation is 2. The molecule has 0 radical (unpaired) electrons. The van der Waals surface area contributed by atoms with E-state index in [0.717, 1.165) is 12.8 Å². The van der Waals surface area contributed by atoms with Crippen molar-refractivity contribution in [3.8, 4) is 0 Å². The molecule has 4 heteroatoms. The molecule has 0 amide bonds. The molecule has 1 nitrogen and oxygen atoms in total. The van der Waals surface area contributed by atoms with Crippen molar-refractivity contribution in [1.29, 1.82) is 0 Å². The SMILES string of the molecule is CN1c2ccccc2CCc2ccccc21.[I][V][I]. The zero-order chi connectivity index (χ0) is 13.7. The molecule has 0 saturated carbocycles. The Balaban J connectivity index is 0.000000408. The molecule has 2 aromatic carbocycles. The molecule has 1 aliphatic rings. The van der Waals surface area contributed by atoms with E-state index in [1.807, 2.05) is 0 Å². The molecular formula is C15H15I2NV. The zero-order valence-electron chi connectivity index (χ0n) is 10.7. The van der Waals surface area contributed by atoms with Crippen LogP contribution in [0.15, 0.2) is 48.5 Å². The van der Waals surface area contributed by atoms with Crippen molar-refractivity contribution in [3.63, 3.8) is 0 Å². The van der Waals surface area contributed by atoms with Crippen LogP contribution in [0.25, 0.3) is 0 Å². The quantitative estimate of drug-likeness (QED) is 0.431. The summed E-state index contributed by atoms with van der Waals surface area (Å²) >= 11 is 4.74. The number of para-hydroxylation sites is 2. The third-order valence-electron chi connectivity index (χ3n) is 3.37. The molecule has 1 aliphatic heterocycles. The van der Waals surface area contributed by atoms with Crippen molar-refractivity contribution < 1.29 is 9.47 Å². The molecule has 0 unspecified atom stereocenters. The van der Waals surface area contributed by atoms with Crippen LogP contribution in [0.5, 0.6) is 0 Å². The van der Waals surface area contributed by atoms with Gasteiger partial charge in [0.25, 0.3) is 0 Å². The minimum absolute atomic E-state index is 0.628. The van der Waals surface area contributed by atoms with Crippen molar-refractivity contribution in [2.24, 2.45) is 0 Å². The van der Waals surface area contributed by atoms with Gasteiger partial charge < -0.3 is 4.90 Å². The summed E-state index contributed by atoms with van der Waals surface area (Å²) in [4.78, 5) is 2.30. The molecule has 0 saturated heterocycles. The molecule has 0 atom stereocenters. The zero-order valence-corrected chi connectivity index (χ0v) is 16.4. The molecule has 0 aromatic heterocycles. The first-order chi connectivity index (χ1) is 9.27.